The van der Waals surface area contributed by atoms with Crippen LogP contribution in [-0.4, -0.2) is 114 Å². The van der Waals surface area contributed by atoms with Crippen LogP contribution in [0.4, 0.5) is 4.79 Å². The van der Waals surface area contributed by atoms with Gasteiger partial charge in [0.15, 0.2) is 9.84 Å². The minimum absolute atomic E-state index is 0.0639. The van der Waals surface area contributed by atoms with Gasteiger partial charge >= 0.3 is 6.03 Å². The SMILES string of the molecule is CN(C)C1(c2ccccc2)CCC2(CC1)C(=O)N(CC(=O)N1CCS(=O)(=O)CC1)C(=O)N2CC1(O)CCC1. The molecule has 1 aromatic carbocycles. The summed E-state index contributed by atoms with van der Waals surface area (Å²) in [5.41, 5.74) is -1.26. The zero-order valence-electron chi connectivity index (χ0n) is 22.3. The molecule has 0 aromatic heterocycles. The molecule has 2 saturated heterocycles. The summed E-state index contributed by atoms with van der Waals surface area (Å²) in [5.74, 6) is -1.04. The zero-order valence-corrected chi connectivity index (χ0v) is 23.1. The largest absolute Gasteiger partial charge is 0.388 e. The molecule has 1 N–H and O–H groups in total. The highest BCUT2D eigenvalue weighted by Crippen LogP contribution is 2.50. The van der Waals surface area contributed by atoms with Gasteiger partial charge in [-0.1, -0.05) is 30.3 Å². The molecule has 2 heterocycles. The van der Waals surface area contributed by atoms with Crippen LogP contribution in [0.15, 0.2) is 30.3 Å². The first-order valence-corrected chi connectivity index (χ1v) is 15.3. The fourth-order valence-corrected chi connectivity index (χ4v) is 7.88. The van der Waals surface area contributed by atoms with Crippen molar-refractivity contribution in [1.82, 2.24) is 19.6 Å². The van der Waals surface area contributed by atoms with E-state index in [1.54, 1.807) is 4.90 Å². The number of amides is 4. The summed E-state index contributed by atoms with van der Waals surface area (Å²) >= 11 is 0. The van der Waals surface area contributed by atoms with Crippen molar-refractivity contribution in [2.24, 2.45) is 0 Å². The number of rotatable bonds is 6. The lowest BCUT2D eigenvalue weighted by Crippen LogP contribution is -2.60. The second-order valence-electron chi connectivity index (χ2n) is 11.7. The number of aliphatic hydroxyl groups is 1. The average molecular weight is 547 g/mol. The highest BCUT2D eigenvalue weighted by atomic mass is 32.2. The number of benzene rings is 1. The van der Waals surface area contributed by atoms with Gasteiger partial charge in [0, 0.05) is 18.6 Å². The van der Waals surface area contributed by atoms with Gasteiger partial charge in [0.2, 0.25) is 5.91 Å². The predicted molar refractivity (Wildman–Crippen MR) is 141 cm³/mol. The summed E-state index contributed by atoms with van der Waals surface area (Å²) in [5, 5.41) is 11.0. The molecule has 38 heavy (non-hydrogen) atoms. The number of carbonyl (C=O) groups is 3. The van der Waals surface area contributed by atoms with E-state index >= 15 is 0 Å². The molecule has 2 aliphatic heterocycles. The van der Waals surface area contributed by atoms with Crippen LogP contribution in [-0.2, 0) is 25.0 Å². The topological polar surface area (TPSA) is 119 Å². The van der Waals surface area contributed by atoms with Crippen LogP contribution in [0.5, 0.6) is 0 Å². The maximum atomic E-state index is 14.0. The highest BCUT2D eigenvalue weighted by Gasteiger charge is 2.62. The van der Waals surface area contributed by atoms with E-state index in [2.05, 4.69) is 17.0 Å². The van der Waals surface area contributed by atoms with Crippen molar-refractivity contribution < 1.29 is 27.9 Å². The third-order valence-corrected chi connectivity index (χ3v) is 11.0. The number of sulfone groups is 1. The van der Waals surface area contributed by atoms with Gasteiger partial charge in [-0.15, -0.1) is 0 Å². The smallest absolute Gasteiger partial charge is 0.328 e. The minimum atomic E-state index is -3.17. The molecule has 10 nitrogen and oxygen atoms in total. The quantitative estimate of drug-likeness (QED) is 0.533. The van der Waals surface area contributed by atoms with Crippen molar-refractivity contribution in [2.45, 2.75) is 61.6 Å². The van der Waals surface area contributed by atoms with Crippen LogP contribution in [0.2, 0.25) is 0 Å². The number of urea groups is 1. The maximum absolute atomic E-state index is 14.0. The summed E-state index contributed by atoms with van der Waals surface area (Å²) in [6, 6.07) is 9.64. The molecule has 11 heteroatoms. The van der Waals surface area contributed by atoms with E-state index in [-0.39, 0.29) is 42.6 Å². The number of imide groups is 1. The number of hydrogen-bond donors (Lipinski definition) is 1. The number of hydrogen-bond acceptors (Lipinski definition) is 7. The lowest BCUT2D eigenvalue weighted by molar-refractivity contribution is -0.143. The first-order chi connectivity index (χ1) is 17.9. The Bertz CT molecular complexity index is 1190. The van der Waals surface area contributed by atoms with Crippen LogP contribution in [0.25, 0.3) is 0 Å². The Morgan fingerprint density at radius 3 is 2.11 bits per heavy atom. The Morgan fingerprint density at radius 2 is 1.58 bits per heavy atom. The zero-order chi connectivity index (χ0) is 27.3. The molecule has 0 atom stereocenters. The molecule has 0 unspecified atom stereocenters. The van der Waals surface area contributed by atoms with Gasteiger partial charge in [-0.05, 0) is 64.6 Å². The molecule has 4 amide bonds. The lowest BCUT2D eigenvalue weighted by Gasteiger charge is -2.51. The van der Waals surface area contributed by atoms with Crippen molar-refractivity contribution in [3.05, 3.63) is 35.9 Å². The molecule has 1 aromatic rings. The number of nitrogens with zero attached hydrogens (tertiary/aromatic N) is 4. The van der Waals surface area contributed by atoms with Crippen molar-refractivity contribution in [3.63, 3.8) is 0 Å². The molecular weight excluding hydrogens is 508 g/mol. The molecule has 208 valence electrons. The summed E-state index contributed by atoms with van der Waals surface area (Å²) in [4.78, 5) is 47.0. The molecule has 0 bridgehead atoms. The van der Waals surface area contributed by atoms with Gasteiger partial charge in [0.05, 0.1) is 23.7 Å². The Morgan fingerprint density at radius 1 is 0.974 bits per heavy atom. The molecular formula is C27H38N4O6S. The van der Waals surface area contributed by atoms with E-state index in [0.29, 0.717) is 38.5 Å². The third-order valence-electron chi connectivity index (χ3n) is 9.42. The normalized spacial score (nSPS) is 30.7. The molecule has 4 aliphatic rings. The van der Waals surface area contributed by atoms with E-state index in [1.807, 2.05) is 32.3 Å². The third kappa shape index (κ3) is 4.52. The fraction of sp³-hybridized carbons (Fsp3) is 0.667. The summed E-state index contributed by atoms with van der Waals surface area (Å²) in [6.07, 6.45) is 4.16. The first-order valence-electron chi connectivity index (χ1n) is 13.5. The van der Waals surface area contributed by atoms with E-state index in [0.717, 1.165) is 16.9 Å². The molecule has 1 spiro atoms. The van der Waals surface area contributed by atoms with E-state index < -0.39 is 39.5 Å². The van der Waals surface area contributed by atoms with E-state index in [9.17, 15) is 27.9 Å². The summed E-state index contributed by atoms with van der Waals surface area (Å²) in [6.45, 7) is -0.209. The van der Waals surface area contributed by atoms with Gasteiger partial charge < -0.3 is 14.9 Å². The van der Waals surface area contributed by atoms with E-state index in [1.165, 1.54) is 4.90 Å². The van der Waals surface area contributed by atoms with Crippen LogP contribution < -0.4 is 0 Å². The Labute approximate surface area is 224 Å². The molecule has 2 aliphatic carbocycles. The van der Waals surface area contributed by atoms with Crippen molar-refractivity contribution in [2.75, 3.05) is 51.8 Å². The van der Waals surface area contributed by atoms with Crippen LogP contribution in [0.3, 0.4) is 0 Å². The summed E-state index contributed by atoms with van der Waals surface area (Å²) in [7, 11) is 0.898. The predicted octanol–water partition coefficient (Wildman–Crippen LogP) is 1.19. The number of β-amino-alcohol motifs (C(OH)–C–C–N with tert-alkyl or cyclic N) is 1. The molecule has 0 radical (unpaired) electrons. The number of carbonyl (C=O) groups excluding carboxylic acids is 3. The van der Waals surface area contributed by atoms with Crippen molar-refractivity contribution in [3.8, 4) is 0 Å². The van der Waals surface area contributed by atoms with Gasteiger partial charge in [-0.3, -0.25) is 19.4 Å². The van der Waals surface area contributed by atoms with Crippen molar-refractivity contribution in [1.29, 1.82) is 0 Å². The highest BCUT2D eigenvalue weighted by molar-refractivity contribution is 7.91. The monoisotopic (exact) mass is 546 g/mol. The lowest BCUT2D eigenvalue weighted by atomic mass is 9.67. The Kier molecular flexibility index (Phi) is 6.84. The molecule has 5 rings (SSSR count). The minimum Gasteiger partial charge on any atom is -0.388 e. The van der Waals surface area contributed by atoms with Gasteiger partial charge in [0.1, 0.15) is 12.1 Å². The van der Waals surface area contributed by atoms with Gasteiger partial charge in [-0.25, -0.2) is 13.2 Å². The van der Waals surface area contributed by atoms with Crippen LogP contribution in [0.1, 0.15) is 50.5 Å². The second kappa shape index (κ2) is 9.60. The average Bonchev–Trinajstić information content (AvgIpc) is 3.05. The van der Waals surface area contributed by atoms with Crippen LogP contribution >= 0.6 is 0 Å². The fourth-order valence-electron chi connectivity index (χ4n) is 6.68. The van der Waals surface area contributed by atoms with Gasteiger partial charge in [0.25, 0.3) is 5.91 Å². The molecule has 4 fully saturated rings. The van der Waals surface area contributed by atoms with Crippen LogP contribution in [0, 0.1) is 0 Å². The standard InChI is InChI=1S/C27H38N4O6S/c1-28(2)26(21-7-4-3-5-8-21)11-13-27(14-12-26)23(33)30(24(34)31(27)20-25(35)9-6-10-25)19-22(32)29-15-17-38(36,37)18-16-29/h3-5,7-8,35H,6,9-20H2,1-2H3. The van der Waals surface area contributed by atoms with Crippen molar-refractivity contribution >= 4 is 27.7 Å². The Hall–Kier alpha value is -2.50. The summed E-state index contributed by atoms with van der Waals surface area (Å²) < 4.78 is 23.6. The Balaban J connectivity index is 1.41. The maximum Gasteiger partial charge on any atom is 0.328 e. The molecule has 2 saturated carbocycles. The van der Waals surface area contributed by atoms with Gasteiger partial charge in [-0.2, -0.15) is 0 Å². The van der Waals surface area contributed by atoms with E-state index in [4.69, 9.17) is 0 Å². The first kappa shape index (κ1) is 27.1. The second-order valence-corrected chi connectivity index (χ2v) is 14.0.